The first-order chi connectivity index (χ1) is 9.06. The standard InChI is InChI=1S/C12H14N4O2S/c13-12-7-8-16(14-12)10-3-1-2-4-11(10)19(17,18)15-9-5-6-9/h1-4,7-9,15H,5-6H2,(H2,13,14). The average Bonchev–Trinajstić information content (AvgIpc) is 3.07. The molecule has 3 rings (SSSR count). The summed E-state index contributed by atoms with van der Waals surface area (Å²) in [6, 6.07) is 8.42. The van der Waals surface area contributed by atoms with Crippen molar-refractivity contribution in [1.29, 1.82) is 0 Å². The molecule has 1 fully saturated rings. The van der Waals surface area contributed by atoms with Crippen LogP contribution in [0.5, 0.6) is 0 Å². The van der Waals surface area contributed by atoms with E-state index in [1.807, 2.05) is 0 Å². The van der Waals surface area contributed by atoms with E-state index >= 15 is 0 Å². The molecule has 1 saturated carbocycles. The maximum atomic E-state index is 12.3. The zero-order valence-electron chi connectivity index (χ0n) is 10.2. The van der Waals surface area contributed by atoms with Crippen molar-refractivity contribution in [3.05, 3.63) is 36.5 Å². The number of nitrogens with two attached hydrogens (primary N) is 1. The van der Waals surface area contributed by atoms with Gasteiger partial charge in [0.25, 0.3) is 0 Å². The Bertz CT molecular complexity index is 704. The molecule has 1 aromatic heterocycles. The van der Waals surface area contributed by atoms with Gasteiger partial charge in [0.1, 0.15) is 10.7 Å². The summed E-state index contributed by atoms with van der Waals surface area (Å²) in [5, 5.41) is 4.05. The Hall–Kier alpha value is -1.86. The van der Waals surface area contributed by atoms with Gasteiger partial charge in [-0.1, -0.05) is 12.1 Å². The summed E-state index contributed by atoms with van der Waals surface area (Å²) in [6.07, 6.45) is 3.44. The first kappa shape index (κ1) is 12.2. The number of hydrogen-bond donors (Lipinski definition) is 2. The quantitative estimate of drug-likeness (QED) is 0.869. The fourth-order valence-electron chi connectivity index (χ4n) is 1.83. The van der Waals surface area contributed by atoms with Gasteiger partial charge in [-0.05, 0) is 25.0 Å². The fraction of sp³-hybridized carbons (Fsp3) is 0.250. The average molecular weight is 278 g/mol. The van der Waals surface area contributed by atoms with Crippen LogP contribution >= 0.6 is 0 Å². The number of anilines is 1. The van der Waals surface area contributed by atoms with E-state index in [0.29, 0.717) is 11.5 Å². The van der Waals surface area contributed by atoms with Gasteiger partial charge in [-0.2, -0.15) is 5.10 Å². The summed E-state index contributed by atoms with van der Waals surface area (Å²) in [5.74, 6) is 0.349. The second kappa shape index (κ2) is 4.36. The van der Waals surface area contributed by atoms with Gasteiger partial charge >= 0.3 is 0 Å². The Morgan fingerprint density at radius 2 is 2.00 bits per heavy atom. The highest BCUT2D eigenvalue weighted by Gasteiger charge is 2.29. The minimum absolute atomic E-state index is 0.0701. The van der Waals surface area contributed by atoms with Crippen LogP contribution in [0, 0.1) is 0 Å². The van der Waals surface area contributed by atoms with Gasteiger partial charge < -0.3 is 5.73 Å². The zero-order valence-corrected chi connectivity index (χ0v) is 11.0. The molecule has 0 bridgehead atoms. The SMILES string of the molecule is Nc1ccn(-c2ccccc2S(=O)(=O)NC2CC2)n1. The molecule has 7 heteroatoms. The van der Waals surface area contributed by atoms with Crippen LogP contribution < -0.4 is 10.5 Å². The normalized spacial score (nSPS) is 15.6. The van der Waals surface area contributed by atoms with Crippen LogP contribution in [-0.4, -0.2) is 24.2 Å². The van der Waals surface area contributed by atoms with Crippen LogP contribution in [0.25, 0.3) is 5.69 Å². The molecule has 1 aliphatic rings. The minimum Gasteiger partial charge on any atom is -0.382 e. The van der Waals surface area contributed by atoms with Crippen molar-refractivity contribution in [3.63, 3.8) is 0 Å². The lowest BCUT2D eigenvalue weighted by molar-refractivity contribution is 0.580. The summed E-state index contributed by atoms with van der Waals surface area (Å²) < 4.78 is 28.7. The van der Waals surface area contributed by atoms with Crippen LogP contribution in [0.2, 0.25) is 0 Å². The van der Waals surface area contributed by atoms with Crippen molar-refractivity contribution in [3.8, 4) is 5.69 Å². The first-order valence-electron chi connectivity index (χ1n) is 5.99. The number of rotatable bonds is 4. The third kappa shape index (κ3) is 2.47. The highest BCUT2D eigenvalue weighted by Crippen LogP contribution is 2.25. The Balaban J connectivity index is 2.06. The van der Waals surface area contributed by atoms with E-state index in [0.717, 1.165) is 12.8 Å². The summed E-state index contributed by atoms with van der Waals surface area (Å²) >= 11 is 0. The smallest absolute Gasteiger partial charge is 0.242 e. The second-order valence-corrected chi connectivity index (χ2v) is 6.23. The molecule has 0 amide bonds. The molecule has 0 aliphatic heterocycles. The lowest BCUT2D eigenvalue weighted by Crippen LogP contribution is -2.26. The lowest BCUT2D eigenvalue weighted by Gasteiger charge is -2.10. The van der Waals surface area contributed by atoms with E-state index in [9.17, 15) is 8.42 Å². The van der Waals surface area contributed by atoms with Crippen LogP contribution in [0.4, 0.5) is 5.82 Å². The third-order valence-corrected chi connectivity index (χ3v) is 4.48. The molecule has 3 N–H and O–H groups in total. The Morgan fingerprint density at radius 1 is 1.26 bits per heavy atom. The molecule has 19 heavy (non-hydrogen) atoms. The van der Waals surface area contributed by atoms with Gasteiger partial charge in [-0.15, -0.1) is 0 Å². The molecule has 100 valence electrons. The number of sulfonamides is 1. The summed E-state index contributed by atoms with van der Waals surface area (Å²) in [6.45, 7) is 0. The first-order valence-corrected chi connectivity index (χ1v) is 7.47. The van der Waals surface area contributed by atoms with Crippen LogP contribution in [0.1, 0.15) is 12.8 Å². The largest absolute Gasteiger partial charge is 0.382 e. The minimum atomic E-state index is -3.52. The van der Waals surface area contributed by atoms with Gasteiger partial charge in [0, 0.05) is 18.3 Å². The number of benzene rings is 1. The molecule has 0 spiro atoms. The Morgan fingerprint density at radius 3 is 2.63 bits per heavy atom. The molecule has 1 heterocycles. The topological polar surface area (TPSA) is 90.0 Å². The number of nitrogens with one attached hydrogen (secondary N) is 1. The van der Waals surface area contributed by atoms with Gasteiger partial charge in [0.05, 0.1) is 5.69 Å². The van der Waals surface area contributed by atoms with E-state index in [4.69, 9.17) is 5.73 Å². The number of nitrogen functional groups attached to an aromatic ring is 1. The molecular weight excluding hydrogens is 264 g/mol. The summed E-state index contributed by atoms with van der Waals surface area (Å²) in [7, 11) is -3.52. The maximum Gasteiger partial charge on any atom is 0.242 e. The zero-order chi connectivity index (χ0) is 13.5. The summed E-state index contributed by atoms with van der Waals surface area (Å²) in [5.41, 5.74) is 6.06. The third-order valence-electron chi connectivity index (χ3n) is 2.91. The van der Waals surface area contributed by atoms with E-state index in [1.54, 1.807) is 36.5 Å². The van der Waals surface area contributed by atoms with E-state index in [2.05, 4.69) is 9.82 Å². The van der Waals surface area contributed by atoms with Crippen LogP contribution in [0.3, 0.4) is 0 Å². The van der Waals surface area contributed by atoms with Crippen molar-refractivity contribution in [2.45, 2.75) is 23.8 Å². The number of aromatic nitrogens is 2. The van der Waals surface area contributed by atoms with E-state index < -0.39 is 10.0 Å². The number of para-hydroxylation sites is 1. The molecular formula is C12H14N4O2S. The van der Waals surface area contributed by atoms with Gasteiger partial charge in [0.2, 0.25) is 10.0 Å². The molecule has 0 saturated heterocycles. The highest BCUT2D eigenvalue weighted by molar-refractivity contribution is 7.89. The maximum absolute atomic E-state index is 12.3. The van der Waals surface area contributed by atoms with Gasteiger partial charge in [-0.25, -0.2) is 17.8 Å². The monoisotopic (exact) mass is 278 g/mol. The van der Waals surface area contributed by atoms with E-state index in [1.165, 1.54) is 4.68 Å². The Kier molecular flexibility index (Phi) is 2.79. The molecule has 6 nitrogen and oxygen atoms in total. The van der Waals surface area contributed by atoms with Crippen molar-refractivity contribution >= 4 is 15.8 Å². The predicted molar refractivity (Wildman–Crippen MR) is 71.3 cm³/mol. The van der Waals surface area contributed by atoms with Crippen molar-refractivity contribution in [2.75, 3.05) is 5.73 Å². The molecule has 0 unspecified atom stereocenters. The number of nitrogens with zero attached hydrogens (tertiary/aromatic N) is 2. The molecule has 1 aromatic carbocycles. The Labute approximate surface area is 111 Å². The molecule has 0 radical (unpaired) electrons. The second-order valence-electron chi connectivity index (χ2n) is 4.55. The number of hydrogen-bond acceptors (Lipinski definition) is 4. The fourth-order valence-corrected chi connectivity index (χ4v) is 3.33. The summed E-state index contributed by atoms with van der Waals surface area (Å²) in [4.78, 5) is 0.213. The van der Waals surface area contributed by atoms with Crippen molar-refractivity contribution in [2.24, 2.45) is 0 Å². The van der Waals surface area contributed by atoms with E-state index in [-0.39, 0.29) is 10.9 Å². The predicted octanol–water partition coefficient (Wildman–Crippen LogP) is 0.895. The van der Waals surface area contributed by atoms with Crippen molar-refractivity contribution in [1.82, 2.24) is 14.5 Å². The van der Waals surface area contributed by atoms with Crippen LogP contribution in [0.15, 0.2) is 41.4 Å². The molecule has 0 atom stereocenters. The molecule has 1 aliphatic carbocycles. The van der Waals surface area contributed by atoms with Crippen LogP contribution in [-0.2, 0) is 10.0 Å². The molecule has 2 aromatic rings. The van der Waals surface area contributed by atoms with Gasteiger partial charge in [0.15, 0.2) is 0 Å². The van der Waals surface area contributed by atoms with Gasteiger partial charge in [-0.3, -0.25) is 0 Å². The highest BCUT2D eigenvalue weighted by atomic mass is 32.2. The van der Waals surface area contributed by atoms with Crippen molar-refractivity contribution < 1.29 is 8.42 Å². The lowest BCUT2D eigenvalue weighted by atomic mass is 10.3.